The lowest BCUT2D eigenvalue weighted by Gasteiger charge is -2.26. The molecular weight excluding hydrogens is 759 g/mol. The topological polar surface area (TPSA) is 42.7 Å². The van der Waals surface area contributed by atoms with Gasteiger partial charge in [0, 0.05) is 66.6 Å². The van der Waals surface area contributed by atoms with Crippen molar-refractivity contribution in [1.29, 1.82) is 0 Å². The summed E-state index contributed by atoms with van der Waals surface area (Å²) < 4.78 is 20.2. The van der Waals surface area contributed by atoms with Crippen molar-refractivity contribution in [2.75, 3.05) is 4.90 Å². The summed E-state index contributed by atoms with van der Waals surface area (Å²) in [6.45, 7) is 0. The number of furan rings is 3. The molecule has 13 aromatic rings. The zero-order valence-corrected chi connectivity index (χ0v) is 33.4. The minimum absolute atomic E-state index is 0.801. The summed E-state index contributed by atoms with van der Waals surface area (Å²) in [7, 11) is 0. The van der Waals surface area contributed by atoms with E-state index in [1.165, 1.54) is 16.3 Å². The highest BCUT2D eigenvalue weighted by Crippen LogP contribution is 2.48. The van der Waals surface area contributed by atoms with E-state index in [2.05, 4.69) is 193 Å². The molecule has 0 atom stereocenters. The Morgan fingerprint density at radius 3 is 1.66 bits per heavy atom. The molecule has 0 bridgehead atoms. The van der Waals surface area contributed by atoms with Crippen molar-refractivity contribution >= 4 is 93.7 Å². The summed E-state index contributed by atoms with van der Waals surface area (Å²) in [5, 5.41) is 8.76. The Morgan fingerprint density at radius 2 is 0.855 bits per heavy atom. The van der Waals surface area contributed by atoms with Gasteiger partial charge in [0.1, 0.15) is 33.5 Å². The van der Waals surface area contributed by atoms with Crippen LogP contribution in [0.1, 0.15) is 0 Å². The third-order valence-electron chi connectivity index (χ3n) is 12.5. The van der Waals surface area contributed by atoms with Crippen LogP contribution in [0.15, 0.2) is 226 Å². The van der Waals surface area contributed by atoms with Gasteiger partial charge in [0.05, 0.1) is 0 Å². The van der Waals surface area contributed by atoms with E-state index in [-0.39, 0.29) is 0 Å². The molecule has 4 heteroatoms. The van der Waals surface area contributed by atoms with E-state index in [4.69, 9.17) is 13.3 Å². The molecule has 0 saturated carbocycles. The monoisotopic (exact) mass is 793 g/mol. The predicted molar refractivity (Wildman–Crippen MR) is 257 cm³/mol. The quantitative estimate of drug-likeness (QED) is 0.168. The molecule has 13 rings (SSSR count). The standard InChI is InChI=1S/C58H35NO3/c1-2-12-36(13-3-1)37-24-28-40(29-25-37)59(41-30-26-39(27-31-41)44-19-11-21-48-45-17-6-8-22-51(45)61-57(44)48)42-32-33-46-50-35-54-55(49-18-7-9-23-52(49)60-54)56(58(50)62-53(46)34-42)47-20-10-15-38-14-4-5-16-43(38)47/h1-35H. The van der Waals surface area contributed by atoms with Crippen molar-refractivity contribution < 1.29 is 13.3 Å². The molecule has 0 unspecified atom stereocenters. The number of anilines is 3. The van der Waals surface area contributed by atoms with E-state index in [0.717, 1.165) is 111 Å². The highest BCUT2D eigenvalue weighted by atomic mass is 16.3. The molecule has 0 aliphatic carbocycles. The average molecular weight is 794 g/mol. The van der Waals surface area contributed by atoms with Gasteiger partial charge < -0.3 is 18.2 Å². The van der Waals surface area contributed by atoms with Gasteiger partial charge in [-0.15, -0.1) is 0 Å². The Morgan fingerprint density at radius 1 is 0.290 bits per heavy atom. The van der Waals surface area contributed by atoms with Crippen LogP contribution in [0, 0.1) is 0 Å². The van der Waals surface area contributed by atoms with Gasteiger partial charge in [-0.25, -0.2) is 0 Å². The van der Waals surface area contributed by atoms with Gasteiger partial charge in [-0.1, -0.05) is 152 Å². The molecule has 0 aliphatic heterocycles. The Balaban J connectivity index is 0.997. The van der Waals surface area contributed by atoms with Crippen molar-refractivity contribution in [3.63, 3.8) is 0 Å². The normalized spacial score (nSPS) is 11.9. The Labute approximate surface area is 356 Å². The van der Waals surface area contributed by atoms with E-state index >= 15 is 0 Å². The Bertz CT molecular complexity index is 3850. The second kappa shape index (κ2) is 13.6. The minimum Gasteiger partial charge on any atom is -0.456 e. The average Bonchev–Trinajstić information content (AvgIpc) is 4.02. The Kier molecular flexibility index (Phi) is 7.57. The smallest absolute Gasteiger partial charge is 0.144 e. The fourth-order valence-electron chi connectivity index (χ4n) is 9.59. The van der Waals surface area contributed by atoms with Gasteiger partial charge in [-0.05, 0) is 87.6 Å². The number of para-hydroxylation sites is 3. The van der Waals surface area contributed by atoms with E-state index < -0.39 is 0 Å². The highest BCUT2D eigenvalue weighted by molar-refractivity contribution is 6.25. The number of hydrogen-bond acceptors (Lipinski definition) is 4. The lowest BCUT2D eigenvalue weighted by atomic mass is 9.93. The first-order valence-electron chi connectivity index (χ1n) is 21.0. The minimum atomic E-state index is 0.801. The van der Waals surface area contributed by atoms with Crippen LogP contribution >= 0.6 is 0 Å². The third-order valence-corrected chi connectivity index (χ3v) is 12.5. The predicted octanol–water partition coefficient (Wildman–Crippen LogP) is 17.0. The fraction of sp³-hybridized carbons (Fsp3) is 0. The molecule has 0 amide bonds. The van der Waals surface area contributed by atoms with Gasteiger partial charge in [0.25, 0.3) is 0 Å². The molecule has 0 N–H and O–H groups in total. The summed E-state index contributed by atoms with van der Waals surface area (Å²) in [5.41, 5.74) is 14.8. The molecule has 0 radical (unpaired) electrons. The lowest BCUT2D eigenvalue weighted by molar-refractivity contribution is 0.664. The molecule has 4 nitrogen and oxygen atoms in total. The van der Waals surface area contributed by atoms with Crippen LogP contribution in [0.4, 0.5) is 17.1 Å². The van der Waals surface area contributed by atoms with Crippen LogP contribution in [0.2, 0.25) is 0 Å². The van der Waals surface area contributed by atoms with Crippen LogP contribution in [0.25, 0.3) is 110 Å². The SMILES string of the molecule is c1ccc(-c2ccc(N(c3ccc(-c4cccc5c4oc4ccccc45)cc3)c3ccc4c(c3)oc3c(-c5cccc6ccccc56)c5c(cc34)oc3ccccc35)cc2)cc1. The molecule has 0 saturated heterocycles. The van der Waals surface area contributed by atoms with Crippen molar-refractivity contribution in [1.82, 2.24) is 0 Å². The molecule has 62 heavy (non-hydrogen) atoms. The number of benzene rings is 10. The summed E-state index contributed by atoms with van der Waals surface area (Å²) >= 11 is 0. The second-order valence-corrected chi connectivity index (χ2v) is 16.0. The van der Waals surface area contributed by atoms with Crippen molar-refractivity contribution in [2.45, 2.75) is 0 Å². The van der Waals surface area contributed by atoms with Gasteiger partial charge in [0.2, 0.25) is 0 Å². The van der Waals surface area contributed by atoms with Crippen LogP contribution in [-0.2, 0) is 0 Å². The van der Waals surface area contributed by atoms with Crippen LogP contribution < -0.4 is 4.90 Å². The third kappa shape index (κ3) is 5.33. The van der Waals surface area contributed by atoms with E-state index in [0.29, 0.717) is 0 Å². The number of nitrogens with zero attached hydrogens (tertiary/aromatic N) is 1. The summed E-state index contributed by atoms with van der Waals surface area (Å²) in [5.74, 6) is 0. The van der Waals surface area contributed by atoms with Gasteiger partial charge in [-0.3, -0.25) is 0 Å². The van der Waals surface area contributed by atoms with Crippen molar-refractivity contribution in [3.05, 3.63) is 212 Å². The van der Waals surface area contributed by atoms with Crippen molar-refractivity contribution in [2.24, 2.45) is 0 Å². The highest BCUT2D eigenvalue weighted by Gasteiger charge is 2.24. The van der Waals surface area contributed by atoms with Crippen molar-refractivity contribution in [3.8, 4) is 33.4 Å². The fourth-order valence-corrected chi connectivity index (χ4v) is 9.59. The second-order valence-electron chi connectivity index (χ2n) is 16.0. The zero-order valence-electron chi connectivity index (χ0n) is 33.4. The molecular formula is C58H35NO3. The summed E-state index contributed by atoms with van der Waals surface area (Å²) in [6, 6.07) is 74.8. The van der Waals surface area contributed by atoms with Crippen LogP contribution in [-0.4, -0.2) is 0 Å². The zero-order chi connectivity index (χ0) is 40.7. The number of fused-ring (bicyclic) bond motifs is 10. The van der Waals surface area contributed by atoms with Gasteiger partial charge in [-0.2, -0.15) is 0 Å². The lowest BCUT2D eigenvalue weighted by Crippen LogP contribution is -2.09. The van der Waals surface area contributed by atoms with E-state index in [1.54, 1.807) is 0 Å². The van der Waals surface area contributed by atoms with Gasteiger partial charge in [0.15, 0.2) is 0 Å². The first kappa shape index (κ1) is 34.5. The van der Waals surface area contributed by atoms with Crippen LogP contribution in [0.3, 0.4) is 0 Å². The molecule has 10 aromatic carbocycles. The maximum absolute atomic E-state index is 7.12. The first-order valence-corrected chi connectivity index (χ1v) is 21.0. The molecule has 0 aliphatic rings. The summed E-state index contributed by atoms with van der Waals surface area (Å²) in [4.78, 5) is 2.30. The summed E-state index contributed by atoms with van der Waals surface area (Å²) in [6.07, 6.45) is 0. The molecule has 290 valence electrons. The van der Waals surface area contributed by atoms with E-state index in [9.17, 15) is 0 Å². The molecule has 3 heterocycles. The van der Waals surface area contributed by atoms with Crippen LogP contribution in [0.5, 0.6) is 0 Å². The maximum Gasteiger partial charge on any atom is 0.144 e. The van der Waals surface area contributed by atoms with E-state index in [1.807, 2.05) is 24.3 Å². The maximum atomic E-state index is 7.12. The van der Waals surface area contributed by atoms with Gasteiger partial charge >= 0.3 is 0 Å². The largest absolute Gasteiger partial charge is 0.456 e. The number of rotatable bonds is 6. The first-order chi connectivity index (χ1) is 30.7. The number of hydrogen-bond donors (Lipinski definition) is 0. The molecule has 0 fully saturated rings. The molecule has 0 spiro atoms. The molecule has 3 aromatic heterocycles. The Hall–Kier alpha value is -8.34.